The van der Waals surface area contributed by atoms with E-state index in [0.717, 1.165) is 30.0 Å². The van der Waals surface area contributed by atoms with Crippen molar-refractivity contribution in [3.63, 3.8) is 0 Å². The Labute approximate surface area is 119 Å². The maximum atomic E-state index is 12.1. The van der Waals surface area contributed by atoms with Gasteiger partial charge in [0.2, 0.25) is 5.91 Å². The molecule has 1 aromatic rings. The molecule has 1 aliphatic rings. The van der Waals surface area contributed by atoms with Crippen LogP contribution in [-0.2, 0) is 11.2 Å². The molecule has 1 heterocycles. The molecule has 1 aliphatic heterocycles. The molecule has 0 aromatic heterocycles. The summed E-state index contributed by atoms with van der Waals surface area (Å²) in [7, 11) is 0. The van der Waals surface area contributed by atoms with Gasteiger partial charge >= 0.3 is 0 Å². The van der Waals surface area contributed by atoms with Crippen molar-refractivity contribution in [2.75, 3.05) is 6.54 Å². The fourth-order valence-corrected chi connectivity index (χ4v) is 2.85. The zero-order valence-electron chi connectivity index (χ0n) is 11.4. The van der Waals surface area contributed by atoms with Crippen molar-refractivity contribution >= 4 is 17.5 Å². The van der Waals surface area contributed by atoms with Crippen molar-refractivity contribution in [3.8, 4) is 0 Å². The average Bonchev–Trinajstić information content (AvgIpc) is 2.75. The molecule has 0 saturated carbocycles. The lowest BCUT2D eigenvalue weighted by atomic mass is 10.00. The smallest absolute Gasteiger partial charge is 0.224 e. The molecule has 104 valence electrons. The van der Waals surface area contributed by atoms with Gasteiger partial charge in [0.05, 0.1) is 5.92 Å². The first-order chi connectivity index (χ1) is 9.06. The monoisotopic (exact) mass is 280 g/mol. The van der Waals surface area contributed by atoms with Crippen molar-refractivity contribution in [2.45, 2.75) is 38.8 Å². The summed E-state index contributed by atoms with van der Waals surface area (Å²) in [5, 5.41) is 7.14. The summed E-state index contributed by atoms with van der Waals surface area (Å²) in [6.07, 6.45) is 1.73. The molecule has 1 fully saturated rings. The van der Waals surface area contributed by atoms with E-state index < -0.39 is 0 Å². The third kappa shape index (κ3) is 3.95. The maximum Gasteiger partial charge on any atom is 0.224 e. The number of carbonyl (C=O) groups is 1. The van der Waals surface area contributed by atoms with Crippen LogP contribution in [-0.4, -0.2) is 24.5 Å². The molecule has 2 N–H and O–H groups in total. The predicted molar refractivity (Wildman–Crippen MR) is 78.3 cm³/mol. The Morgan fingerprint density at radius 2 is 2.37 bits per heavy atom. The van der Waals surface area contributed by atoms with Crippen LogP contribution in [0.4, 0.5) is 0 Å². The minimum Gasteiger partial charge on any atom is -0.353 e. The van der Waals surface area contributed by atoms with Gasteiger partial charge in [-0.1, -0.05) is 23.7 Å². The molecule has 1 aromatic carbocycles. The molecule has 3 unspecified atom stereocenters. The number of halogens is 1. The van der Waals surface area contributed by atoms with Crippen LogP contribution in [0.3, 0.4) is 0 Å². The second kappa shape index (κ2) is 6.40. The first-order valence-electron chi connectivity index (χ1n) is 6.84. The number of nitrogens with one attached hydrogen (secondary N) is 2. The van der Waals surface area contributed by atoms with E-state index in [2.05, 4.69) is 17.6 Å². The van der Waals surface area contributed by atoms with E-state index in [1.54, 1.807) is 0 Å². The first kappa shape index (κ1) is 14.4. The van der Waals surface area contributed by atoms with Crippen LogP contribution in [0.25, 0.3) is 0 Å². The fourth-order valence-electron chi connectivity index (χ4n) is 2.64. The number of hydrogen-bond donors (Lipinski definition) is 2. The summed E-state index contributed by atoms with van der Waals surface area (Å²) < 4.78 is 0. The van der Waals surface area contributed by atoms with Gasteiger partial charge in [0.15, 0.2) is 0 Å². The molecule has 0 aliphatic carbocycles. The van der Waals surface area contributed by atoms with E-state index in [4.69, 9.17) is 11.6 Å². The molecule has 3 atom stereocenters. The van der Waals surface area contributed by atoms with Crippen LogP contribution in [0.5, 0.6) is 0 Å². The van der Waals surface area contributed by atoms with Gasteiger partial charge in [0.25, 0.3) is 0 Å². The van der Waals surface area contributed by atoms with Crippen molar-refractivity contribution in [3.05, 3.63) is 34.9 Å². The molecular weight excluding hydrogens is 260 g/mol. The second-order valence-corrected chi connectivity index (χ2v) is 5.82. The van der Waals surface area contributed by atoms with Crippen molar-refractivity contribution < 1.29 is 4.79 Å². The number of rotatable bonds is 4. The van der Waals surface area contributed by atoms with Gasteiger partial charge in [0, 0.05) is 17.1 Å². The molecule has 1 saturated heterocycles. The highest BCUT2D eigenvalue weighted by atomic mass is 35.5. The van der Waals surface area contributed by atoms with Crippen molar-refractivity contribution in [1.29, 1.82) is 0 Å². The van der Waals surface area contributed by atoms with Crippen LogP contribution < -0.4 is 10.6 Å². The lowest BCUT2D eigenvalue weighted by molar-refractivity contribution is -0.125. The Bertz CT molecular complexity index is 450. The standard InChI is InChI=1S/C15H21ClN2O/c1-10(8-12-4-3-5-13(16)9-12)18-15(19)14-6-7-17-11(14)2/h3-5,9-11,14,17H,6-8H2,1-2H3,(H,18,19). The third-order valence-corrected chi connectivity index (χ3v) is 3.92. The third-order valence-electron chi connectivity index (χ3n) is 3.68. The lowest BCUT2D eigenvalue weighted by Gasteiger charge is -2.19. The molecule has 19 heavy (non-hydrogen) atoms. The van der Waals surface area contributed by atoms with Gasteiger partial charge in [-0.3, -0.25) is 4.79 Å². The minimum atomic E-state index is 0.0989. The molecule has 4 heteroatoms. The van der Waals surface area contributed by atoms with Crippen molar-refractivity contribution in [1.82, 2.24) is 10.6 Å². The normalized spacial score (nSPS) is 24.2. The Morgan fingerprint density at radius 3 is 3.00 bits per heavy atom. The SMILES string of the molecule is CC(Cc1cccc(Cl)c1)NC(=O)C1CCNC1C. The molecule has 0 radical (unpaired) electrons. The average molecular weight is 281 g/mol. The Hall–Kier alpha value is -1.06. The molecular formula is C15H21ClN2O. The van der Waals surface area contributed by atoms with Gasteiger partial charge in [0.1, 0.15) is 0 Å². The van der Waals surface area contributed by atoms with E-state index in [0.29, 0.717) is 0 Å². The first-order valence-corrected chi connectivity index (χ1v) is 7.22. The summed E-state index contributed by atoms with van der Waals surface area (Å²) in [6.45, 7) is 5.03. The topological polar surface area (TPSA) is 41.1 Å². The highest BCUT2D eigenvalue weighted by Gasteiger charge is 2.29. The van der Waals surface area contributed by atoms with Gasteiger partial charge in [-0.25, -0.2) is 0 Å². The Kier molecular flexibility index (Phi) is 4.83. The fraction of sp³-hybridized carbons (Fsp3) is 0.533. The molecule has 0 spiro atoms. The lowest BCUT2D eigenvalue weighted by Crippen LogP contribution is -2.41. The van der Waals surface area contributed by atoms with E-state index in [1.165, 1.54) is 0 Å². The van der Waals surface area contributed by atoms with E-state index >= 15 is 0 Å². The number of benzene rings is 1. The molecule has 1 amide bonds. The molecule has 2 rings (SSSR count). The summed E-state index contributed by atoms with van der Waals surface area (Å²) in [4.78, 5) is 12.1. The number of hydrogen-bond acceptors (Lipinski definition) is 2. The maximum absolute atomic E-state index is 12.1. The quantitative estimate of drug-likeness (QED) is 0.889. The molecule has 3 nitrogen and oxygen atoms in total. The summed E-state index contributed by atoms with van der Waals surface area (Å²) >= 11 is 5.96. The van der Waals surface area contributed by atoms with E-state index in [-0.39, 0.29) is 23.9 Å². The Balaban J connectivity index is 1.87. The van der Waals surface area contributed by atoms with Crippen molar-refractivity contribution in [2.24, 2.45) is 5.92 Å². The predicted octanol–water partition coefficient (Wildman–Crippen LogP) is 2.39. The summed E-state index contributed by atoms with van der Waals surface area (Å²) in [6, 6.07) is 8.19. The highest BCUT2D eigenvalue weighted by Crippen LogP contribution is 2.16. The van der Waals surface area contributed by atoms with Crippen LogP contribution in [0, 0.1) is 5.92 Å². The van der Waals surface area contributed by atoms with Crippen LogP contribution in [0.2, 0.25) is 5.02 Å². The van der Waals surface area contributed by atoms with Gasteiger partial charge in [-0.05, 0) is 50.9 Å². The van der Waals surface area contributed by atoms with E-state index in [1.807, 2.05) is 31.2 Å². The highest BCUT2D eigenvalue weighted by molar-refractivity contribution is 6.30. The largest absolute Gasteiger partial charge is 0.353 e. The van der Waals surface area contributed by atoms with Crippen LogP contribution >= 0.6 is 11.6 Å². The van der Waals surface area contributed by atoms with Crippen LogP contribution in [0.15, 0.2) is 24.3 Å². The number of carbonyl (C=O) groups excluding carboxylic acids is 1. The van der Waals surface area contributed by atoms with Gasteiger partial charge in [-0.2, -0.15) is 0 Å². The Morgan fingerprint density at radius 1 is 1.58 bits per heavy atom. The number of amides is 1. The van der Waals surface area contributed by atoms with E-state index in [9.17, 15) is 4.79 Å². The van der Waals surface area contributed by atoms with Gasteiger partial charge in [-0.15, -0.1) is 0 Å². The second-order valence-electron chi connectivity index (χ2n) is 5.38. The summed E-state index contributed by atoms with van der Waals surface area (Å²) in [5.74, 6) is 0.258. The summed E-state index contributed by atoms with van der Waals surface area (Å²) in [5.41, 5.74) is 1.15. The molecule has 0 bridgehead atoms. The zero-order valence-corrected chi connectivity index (χ0v) is 12.2. The zero-order chi connectivity index (χ0) is 13.8. The van der Waals surface area contributed by atoms with Gasteiger partial charge < -0.3 is 10.6 Å². The minimum absolute atomic E-state index is 0.0989. The van der Waals surface area contributed by atoms with Crippen LogP contribution in [0.1, 0.15) is 25.8 Å².